The largest absolute Gasteiger partial charge is 0.314 e. The van der Waals surface area contributed by atoms with Crippen LogP contribution < -0.4 is 5.32 Å². The first-order valence-electron chi connectivity index (χ1n) is 6.45. The molecule has 0 radical (unpaired) electrons. The number of aryl methyl sites for hydroxylation is 1. The molecule has 3 rings (SSSR count). The van der Waals surface area contributed by atoms with Crippen molar-refractivity contribution in [1.82, 2.24) is 10.2 Å². The first-order valence-corrected chi connectivity index (χ1v) is 6.45. The van der Waals surface area contributed by atoms with Gasteiger partial charge in [-0.15, -0.1) is 0 Å². The predicted octanol–water partition coefficient (Wildman–Crippen LogP) is 1.45. The number of hydrogen-bond acceptors (Lipinski definition) is 2. The molecule has 2 heteroatoms. The summed E-state index contributed by atoms with van der Waals surface area (Å²) < 4.78 is 0. The molecule has 0 amide bonds. The molecule has 1 fully saturated rings. The standard InChI is InChI=1S/C14H20N2/c1-2-4-13-11-14(6-5-12(13)3-1)16-9-7-15-8-10-16/h1-4,14-15H,5-11H2/t14-/m1/s1. The van der Waals surface area contributed by atoms with E-state index in [4.69, 9.17) is 0 Å². The van der Waals surface area contributed by atoms with Gasteiger partial charge in [-0.1, -0.05) is 24.3 Å². The van der Waals surface area contributed by atoms with Crippen LogP contribution in [0, 0.1) is 0 Å². The maximum atomic E-state index is 3.43. The van der Waals surface area contributed by atoms with E-state index in [1.165, 1.54) is 32.4 Å². The third-order valence-corrected chi connectivity index (χ3v) is 3.99. The van der Waals surface area contributed by atoms with Crippen LogP contribution in [0.1, 0.15) is 17.5 Å². The number of hydrogen-bond donors (Lipinski definition) is 1. The molecule has 1 aliphatic carbocycles. The Morgan fingerprint density at radius 2 is 1.81 bits per heavy atom. The Kier molecular flexibility index (Phi) is 2.94. The number of rotatable bonds is 1. The summed E-state index contributed by atoms with van der Waals surface area (Å²) in [6, 6.07) is 9.74. The summed E-state index contributed by atoms with van der Waals surface area (Å²) in [5.74, 6) is 0. The summed E-state index contributed by atoms with van der Waals surface area (Å²) in [5.41, 5.74) is 3.16. The van der Waals surface area contributed by atoms with Gasteiger partial charge < -0.3 is 5.32 Å². The van der Waals surface area contributed by atoms with Crippen LogP contribution in [0.15, 0.2) is 24.3 Å². The smallest absolute Gasteiger partial charge is 0.0140 e. The summed E-state index contributed by atoms with van der Waals surface area (Å²) in [6.45, 7) is 4.79. The molecule has 1 N–H and O–H groups in total. The van der Waals surface area contributed by atoms with Gasteiger partial charge in [0.25, 0.3) is 0 Å². The van der Waals surface area contributed by atoms with E-state index in [9.17, 15) is 0 Å². The van der Waals surface area contributed by atoms with Crippen LogP contribution >= 0.6 is 0 Å². The minimum atomic E-state index is 0.789. The van der Waals surface area contributed by atoms with Crippen molar-refractivity contribution in [2.24, 2.45) is 0 Å². The number of benzene rings is 1. The Morgan fingerprint density at radius 1 is 1.06 bits per heavy atom. The molecular formula is C14H20N2. The van der Waals surface area contributed by atoms with Gasteiger partial charge in [0.15, 0.2) is 0 Å². The second-order valence-corrected chi connectivity index (χ2v) is 4.95. The molecule has 1 aromatic rings. The maximum absolute atomic E-state index is 3.43. The van der Waals surface area contributed by atoms with Crippen LogP contribution in [0.25, 0.3) is 0 Å². The van der Waals surface area contributed by atoms with Gasteiger partial charge in [-0.2, -0.15) is 0 Å². The summed E-state index contributed by atoms with van der Waals surface area (Å²) in [7, 11) is 0. The Labute approximate surface area is 97.6 Å². The molecular weight excluding hydrogens is 196 g/mol. The van der Waals surface area contributed by atoms with Crippen molar-refractivity contribution < 1.29 is 0 Å². The average molecular weight is 216 g/mol. The van der Waals surface area contributed by atoms with Crippen LogP contribution in [-0.2, 0) is 12.8 Å². The van der Waals surface area contributed by atoms with Gasteiger partial charge in [0, 0.05) is 32.2 Å². The van der Waals surface area contributed by atoms with Gasteiger partial charge in [-0.3, -0.25) is 4.90 Å². The maximum Gasteiger partial charge on any atom is 0.0140 e. The van der Waals surface area contributed by atoms with Crippen LogP contribution in [0.2, 0.25) is 0 Å². The first-order chi connectivity index (χ1) is 7.93. The molecule has 86 valence electrons. The van der Waals surface area contributed by atoms with Crippen LogP contribution in [-0.4, -0.2) is 37.1 Å². The zero-order valence-electron chi connectivity index (χ0n) is 9.78. The van der Waals surface area contributed by atoms with Crippen molar-refractivity contribution in [2.45, 2.75) is 25.3 Å². The molecule has 0 aromatic heterocycles. The van der Waals surface area contributed by atoms with E-state index in [2.05, 4.69) is 34.5 Å². The van der Waals surface area contributed by atoms with Gasteiger partial charge in [-0.25, -0.2) is 0 Å². The summed E-state index contributed by atoms with van der Waals surface area (Å²) in [6.07, 6.45) is 3.87. The molecule has 1 atom stereocenters. The Hall–Kier alpha value is -0.860. The number of nitrogens with zero attached hydrogens (tertiary/aromatic N) is 1. The highest BCUT2D eigenvalue weighted by molar-refractivity contribution is 5.30. The second-order valence-electron chi connectivity index (χ2n) is 4.95. The van der Waals surface area contributed by atoms with Crippen molar-refractivity contribution >= 4 is 0 Å². The van der Waals surface area contributed by atoms with Gasteiger partial charge in [0.2, 0.25) is 0 Å². The third kappa shape index (κ3) is 2.00. The molecule has 2 aliphatic rings. The molecule has 0 spiro atoms. The summed E-state index contributed by atoms with van der Waals surface area (Å²) in [5, 5.41) is 3.43. The molecule has 1 aliphatic heterocycles. The Bertz CT molecular complexity index is 356. The van der Waals surface area contributed by atoms with Gasteiger partial charge in [0.05, 0.1) is 0 Å². The number of nitrogens with one attached hydrogen (secondary N) is 1. The van der Waals surface area contributed by atoms with E-state index < -0.39 is 0 Å². The summed E-state index contributed by atoms with van der Waals surface area (Å²) in [4.78, 5) is 2.67. The van der Waals surface area contributed by atoms with Crippen molar-refractivity contribution in [3.63, 3.8) is 0 Å². The molecule has 16 heavy (non-hydrogen) atoms. The Balaban J connectivity index is 1.72. The fourth-order valence-corrected chi connectivity index (χ4v) is 3.04. The quantitative estimate of drug-likeness (QED) is 0.764. The SMILES string of the molecule is c1ccc2c(c1)CC[C@@H](N1CCNCC1)C2. The van der Waals surface area contributed by atoms with Gasteiger partial charge in [-0.05, 0) is 30.4 Å². The molecule has 1 saturated heterocycles. The molecule has 1 heterocycles. The van der Waals surface area contributed by atoms with Crippen molar-refractivity contribution in [1.29, 1.82) is 0 Å². The second kappa shape index (κ2) is 4.56. The molecule has 0 bridgehead atoms. The molecule has 0 unspecified atom stereocenters. The van der Waals surface area contributed by atoms with Crippen molar-refractivity contribution in [3.8, 4) is 0 Å². The minimum absolute atomic E-state index is 0.789. The third-order valence-electron chi connectivity index (χ3n) is 3.99. The highest BCUT2D eigenvalue weighted by Crippen LogP contribution is 2.24. The van der Waals surface area contributed by atoms with E-state index in [-0.39, 0.29) is 0 Å². The van der Waals surface area contributed by atoms with E-state index in [0.29, 0.717) is 0 Å². The van der Waals surface area contributed by atoms with E-state index >= 15 is 0 Å². The normalized spacial score (nSPS) is 26.4. The summed E-state index contributed by atoms with van der Waals surface area (Å²) >= 11 is 0. The van der Waals surface area contributed by atoms with Crippen LogP contribution in [0.5, 0.6) is 0 Å². The van der Waals surface area contributed by atoms with Crippen LogP contribution in [0.4, 0.5) is 0 Å². The molecule has 1 aromatic carbocycles. The monoisotopic (exact) mass is 216 g/mol. The van der Waals surface area contributed by atoms with Gasteiger partial charge in [0.1, 0.15) is 0 Å². The lowest BCUT2D eigenvalue weighted by atomic mass is 9.87. The lowest BCUT2D eigenvalue weighted by molar-refractivity contribution is 0.159. The molecule has 2 nitrogen and oxygen atoms in total. The number of piperazine rings is 1. The zero-order valence-corrected chi connectivity index (χ0v) is 9.78. The van der Waals surface area contributed by atoms with Gasteiger partial charge >= 0.3 is 0 Å². The lowest BCUT2D eigenvalue weighted by Crippen LogP contribution is -2.50. The Morgan fingerprint density at radius 3 is 2.62 bits per heavy atom. The average Bonchev–Trinajstić information content (AvgIpc) is 2.39. The lowest BCUT2D eigenvalue weighted by Gasteiger charge is -2.37. The fraction of sp³-hybridized carbons (Fsp3) is 0.571. The van der Waals surface area contributed by atoms with Crippen LogP contribution in [0.3, 0.4) is 0 Å². The van der Waals surface area contributed by atoms with Crippen molar-refractivity contribution in [2.75, 3.05) is 26.2 Å². The van der Waals surface area contributed by atoms with E-state index in [0.717, 1.165) is 19.1 Å². The first kappa shape index (κ1) is 10.3. The minimum Gasteiger partial charge on any atom is -0.314 e. The highest BCUT2D eigenvalue weighted by atomic mass is 15.2. The zero-order chi connectivity index (χ0) is 10.8. The molecule has 0 saturated carbocycles. The topological polar surface area (TPSA) is 15.3 Å². The number of fused-ring (bicyclic) bond motifs is 1. The fourth-order valence-electron chi connectivity index (χ4n) is 3.04. The van der Waals surface area contributed by atoms with E-state index in [1.807, 2.05) is 0 Å². The van der Waals surface area contributed by atoms with Crippen molar-refractivity contribution in [3.05, 3.63) is 35.4 Å². The highest BCUT2D eigenvalue weighted by Gasteiger charge is 2.24. The predicted molar refractivity (Wildman–Crippen MR) is 66.7 cm³/mol. The van der Waals surface area contributed by atoms with E-state index in [1.54, 1.807) is 11.1 Å².